The van der Waals surface area contributed by atoms with Crippen LogP contribution in [0.2, 0.25) is 0 Å². The van der Waals surface area contributed by atoms with E-state index >= 15 is 0 Å². The van der Waals surface area contributed by atoms with E-state index in [1.165, 1.54) is 64.5 Å². The van der Waals surface area contributed by atoms with Crippen molar-refractivity contribution in [2.45, 2.75) is 60.3 Å². The molecule has 3 heteroatoms. The average molecular weight is 534 g/mol. The molecular weight excluding hydrogens is 499 g/mol. The average Bonchev–Trinajstić information content (AvgIpc) is 3.40. The molecule has 0 fully saturated rings. The highest BCUT2D eigenvalue weighted by molar-refractivity contribution is 7.19. The number of thiophene rings is 2. The number of pyridine rings is 1. The lowest BCUT2D eigenvalue weighted by Gasteiger charge is -2.23. The van der Waals surface area contributed by atoms with Gasteiger partial charge in [0.1, 0.15) is 4.83 Å². The van der Waals surface area contributed by atoms with Crippen molar-refractivity contribution in [2.75, 3.05) is 0 Å². The number of aryl methyl sites for hydroxylation is 2. The molecule has 38 heavy (non-hydrogen) atoms. The number of benzene rings is 3. The lowest BCUT2D eigenvalue weighted by atomic mass is 9.82. The summed E-state index contributed by atoms with van der Waals surface area (Å²) >= 11 is 3.72. The highest BCUT2D eigenvalue weighted by Crippen LogP contribution is 2.41. The van der Waals surface area contributed by atoms with Gasteiger partial charge in [-0.2, -0.15) is 0 Å². The number of fused-ring (bicyclic) bond motifs is 3. The molecule has 0 aliphatic carbocycles. The Labute approximate surface area is 234 Å². The van der Waals surface area contributed by atoms with Gasteiger partial charge in [-0.3, -0.25) is 0 Å². The predicted molar refractivity (Wildman–Crippen MR) is 170 cm³/mol. The van der Waals surface area contributed by atoms with Gasteiger partial charge in [0.15, 0.2) is 0 Å². The van der Waals surface area contributed by atoms with E-state index in [0.29, 0.717) is 5.92 Å². The molecule has 6 aromatic rings. The zero-order valence-electron chi connectivity index (χ0n) is 23.4. The second-order valence-electron chi connectivity index (χ2n) is 12.1. The van der Waals surface area contributed by atoms with Gasteiger partial charge in [0.05, 0.1) is 5.69 Å². The largest absolute Gasteiger partial charge is 0.237 e. The minimum Gasteiger partial charge on any atom is -0.237 e. The van der Waals surface area contributed by atoms with Gasteiger partial charge < -0.3 is 0 Å². The summed E-state index contributed by atoms with van der Waals surface area (Å²) in [4.78, 5) is 7.85. The minimum atomic E-state index is 0.0395. The Morgan fingerprint density at radius 2 is 1.66 bits per heavy atom. The fourth-order valence-corrected chi connectivity index (χ4v) is 8.06. The molecule has 0 saturated heterocycles. The molecule has 0 aliphatic heterocycles. The van der Waals surface area contributed by atoms with E-state index in [0.717, 1.165) is 16.9 Å². The monoisotopic (exact) mass is 533 g/mol. The van der Waals surface area contributed by atoms with Crippen LogP contribution in [0.1, 0.15) is 56.2 Å². The Bertz CT molecular complexity index is 1820. The summed E-state index contributed by atoms with van der Waals surface area (Å²) in [5.41, 5.74) is 8.96. The van der Waals surface area contributed by atoms with Crippen LogP contribution < -0.4 is 0 Å². The first-order valence-corrected chi connectivity index (χ1v) is 15.2. The summed E-state index contributed by atoms with van der Waals surface area (Å²) in [6.45, 7) is 16.0. The molecule has 0 spiro atoms. The molecule has 3 heterocycles. The highest BCUT2D eigenvalue weighted by Gasteiger charge is 2.20. The van der Waals surface area contributed by atoms with Crippen molar-refractivity contribution in [1.82, 2.24) is 4.98 Å². The normalized spacial score (nSPS) is 12.4. The summed E-state index contributed by atoms with van der Waals surface area (Å²) < 4.78 is 1.38. The third-order valence-electron chi connectivity index (χ3n) is 7.64. The molecule has 0 N–H and O–H groups in total. The van der Waals surface area contributed by atoms with Crippen LogP contribution in [0.4, 0.5) is 0 Å². The molecule has 0 radical (unpaired) electrons. The highest BCUT2D eigenvalue weighted by atomic mass is 32.1. The van der Waals surface area contributed by atoms with Crippen LogP contribution in [-0.4, -0.2) is 4.98 Å². The third kappa shape index (κ3) is 4.36. The Kier molecular flexibility index (Phi) is 6.20. The van der Waals surface area contributed by atoms with Gasteiger partial charge in [-0.25, -0.2) is 4.98 Å². The van der Waals surface area contributed by atoms with Crippen LogP contribution in [0.25, 0.3) is 53.5 Å². The van der Waals surface area contributed by atoms with E-state index in [2.05, 4.69) is 115 Å². The minimum absolute atomic E-state index is 0.0395. The second kappa shape index (κ2) is 9.32. The van der Waals surface area contributed by atoms with Crippen molar-refractivity contribution in [2.24, 2.45) is 5.92 Å². The molecular formula is C35H35NS2. The molecule has 0 saturated carbocycles. The molecule has 0 amide bonds. The smallest absolute Gasteiger partial charge is 0.124 e. The zero-order chi connectivity index (χ0) is 26.8. The summed E-state index contributed by atoms with van der Waals surface area (Å²) in [5, 5.41) is 7.53. The summed E-state index contributed by atoms with van der Waals surface area (Å²) in [5.74, 6) is 0.664. The van der Waals surface area contributed by atoms with E-state index in [-0.39, 0.29) is 5.41 Å². The Morgan fingerprint density at radius 3 is 2.42 bits per heavy atom. The van der Waals surface area contributed by atoms with Gasteiger partial charge in [-0.05, 0) is 105 Å². The van der Waals surface area contributed by atoms with E-state index in [9.17, 15) is 0 Å². The van der Waals surface area contributed by atoms with E-state index in [4.69, 9.17) is 4.98 Å². The molecule has 192 valence electrons. The van der Waals surface area contributed by atoms with Crippen molar-refractivity contribution < 1.29 is 0 Å². The fourth-order valence-electron chi connectivity index (χ4n) is 5.65. The first kappa shape index (κ1) is 25.3. The van der Waals surface area contributed by atoms with Gasteiger partial charge in [-0.15, -0.1) is 22.7 Å². The Balaban J connectivity index is 1.57. The Hall–Kier alpha value is -3.01. The van der Waals surface area contributed by atoms with E-state index in [1.807, 2.05) is 11.3 Å². The number of aromatic nitrogens is 1. The summed E-state index contributed by atoms with van der Waals surface area (Å²) in [6, 6.07) is 22.8. The summed E-state index contributed by atoms with van der Waals surface area (Å²) in [6.07, 6.45) is 1.14. The maximum absolute atomic E-state index is 5.22. The fraction of sp³-hybridized carbons (Fsp3) is 0.286. The van der Waals surface area contributed by atoms with Gasteiger partial charge in [0.2, 0.25) is 0 Å². The van der Waals surface area contributed by atoms with Crippen molar-refractivity contribution in [3.63, 3.8) is 0 Å². The third-order valence-corrected chi connectivity index (χ3v) is 9.90. The molecule has 0 unspecified atom stereocenters. The number of hydrogen-bond acceptors (Lipinski definition) is 3. The van der Waals surface area contributed by atoms with Gasteiger partial charge in [-0.1, -0.05) is 71.0 Å². The van der Waals surface area contributed by atoms with Crippen molar-refractivity contribution in [1.29, 1.82) is 0 Å². The van der Waals surface area contributed by atoms with Crippen LogP contribution >= 0.6 is 22.7 Å². The molecule has 3 aromatic carbocycles. The van der Waals surface area contributed by atoms with E-state index < -0.39 is 0 Å². The number of rotatable bonds is 4. The van der Waals surface area contributed by atoms with Crippen molar-refractivity contribution >= 4 is 53.7 Å². The van der Waals surface area contributed by atoms with Crippen LogP contribution in [0.15, 0.2) is 66.0 Å². The maximum atomic E-state index is 5.22. The maximum Gasteiger partial charge on any atom is 0.124 e. The van der Waals surface area contributed by atoms with Gasteiger partial charge in [0.25, 0.3) is 0 Å². The SMILES string of the molecule is Cc1c(CC(C)C)sc2cc(-c3cc(-c4cc(C(C)(C)C)c5ccccc5c4)nc4scc(C)c34)ccc12. The van der Waals surface area contributed by atoms with Gasteiger partial charge >= 0.3 is 0 Å². The zero-order valence-corrected chi connectivity index (χ0v) is 25.0. The lowest BCUT2D eigenvalue weighted by molar-refractivity contribution is 0.596. The van der Waals surface area contributed by atoms with Crippen LogP contribution in [0.3, 0.4) is 0 Å². The van der Waals surface area contributed by atoms with E-state index in [1.54, 1.807) is 11.3 Å². The number of hydrogen-bond donors (Lipinski definition) is 0. The molecule has 0 atom stereocenters. The number of nitrogens with zero attached hydrogens (tertiary/aromatic N) is 1. The first-order chi connectivity index (χ1) is 18.1. The lowest BCUT2D eigenvalue weighted by Crippen LogP contribution is -2.12. The first-order valence-electron chi connectivity index (χ1n) is 13.5. The van der Waals surface area contributed by atoms with Crippen LogP contribution in [0.5, 0.6) is 0 Å². The second-order valence-corrected chi connectivity index (χ2v) is 14.1. The summed E-state index contributed by atoms with van der Waals surface area (Å²) in [7, 11) is 0. The van der Waals surface area contributed by atoms with Crippen molar-refractivity contribution in [3.8, 4) is 22.4 Å². The molecule has 0 bridgehead atoms. The van der Waals surface area contributed by atoms with Crippen molar-refractivity contribution in [3.05, 3.63) is 87.6 Å². The molecule has 6 rings (SSSR count). The predicted octanol–water partition coefficient (Wildman–Crippen LogP) is 11.1. The van der Waals surface area contributed by atoms with Crippen LogP contribution in [-0.2, 0) is 11.8 Å². The standard InChI is InChI=1S/C35H35NS2/c1-20(2)14-31-22(4)26-13-12-24(17-32(26)38-31)28-18-30(36-34-33(28)21(3)19-37-34)25-15-23-10-8-9-11-27(23)29(16-25)35(5,6)7/h8-13,15-20H,14H2,1-7H3. The van der Waals surface area contributed by atoms with Gasteiger partial charge in [0, 0.05) is 20.5 Å². The van der Waals surface area contributed by atoms with Crippen LogP contribution in [0, 0.1) is 19.8 Å². The topological polar surface area (TPSA) is 12.9 Å². The molecule has 1 nitrogen and oxygen atoms in total. The molecule has 3 aromatic heterocycles. The molecule has 0 aliphatic rings. The Morgan fingerprint density at radius 1 is 0.868 bits per heavy atom. The quantitative estimate of drug-likeness (QED) is 0.220.